The monoisotopic (exact) mass is 234 g/mol. The fraction of sp³-hybridized carbons (Fsp3) is 0.364. The van der Waals surface area contributed by atoms with Crippen molar-refractivity contribution in [2.24, 2.45) is 5.73 Å². The van der Waals surface area contributed by atoms with Crippen LogP contribution in [0.25, 0.3) is 11.4 Å². The molecule has 0 aliphatic heterocycles. The van der Waals surface area contributed by atoms with Crippen molar-refractivity contribution in [2.45, 2.75) is 12.5 Å². The van der Waals surface area contributed by atoms with Gasteiger partial charge in [0, 0.05) is 31.6 Å². The summed E-state index contributed by atoms with van der Waals surface area (Å²) in [6, 6.07) is 3.70. The molecule has 0 radical (unpaired) electrons. The smallest absolute Gasteiger partial charge is 0.229 e. The molecule has 17 heavy (non-hydrogen) atoms. The van der Waals surface area contributed by atoms with Crippen molar-refractivity contribution in [1.82, 2.24) is 15.1 Å². The second-order valence-electron chi connectivity index (χ2n) is 3.55. The first-order chi connectivity index (χ1) is 8.33. The molecule has 0 aromatic carbocycles. The van der Waals surface area contributed by atoms with Crippen LogP contribution in [0.15, 0.2) is 29.0 Å². The lowest BCUT2D eigenvalue weighted by molar-refractivity contribution is 0.102. The molecule has 0 fully saturated rings. The first kappa shape index (κ1) is 11.7. The van der Waals surface area contributed by atoms with Crippen molar-refractivity contribution < 1.29 is 9.26 Å². The quantitative estimate of drug-likeness (QED) is 0.817. The third-order valence-electron chi connectivity index (χ3n) is 2.39. The molecule has 0 aliphatic carbocycles. The Morgan fingerprint density at radius 2 is 2.41 bits per heavy atom. The molecule has 0 saturated carbocycles. The standard InChI is InChI=1S/C11H14N4O2/c1-16-9(6-12)5-10-14-11(15-17-10)8-3-2-4-13-7-8/h2-4,7,9H,5-6,12H2,1H3. The molecule has 1 atom stereocenters. The van der Waals surface area contributed by atoms with E-state index in [1.165, 1.54) is 0 Å². The highest BCUT2D eigenvalue weighted by atomic mass is 16.5. The molecule has 2 aromatic heterocycles. The van der Waals surface area contributed by atoms with Gasteiger partial charge in [0.05, 0.1) is 12.5 Å². The van der Waals surface area contributed by atoms with Gasteiger partial charge in [0.2, 0.25) is 11.7 Å². The van der Waals surface area contributed by atoms with Crippen LogP contribution in [0, 0.1) is 0 Å². The Labute approximate surface area is 98.8 Å². The van der Waals surface area contributed by atoms with Crippen LogP contribution in [-0.4, -0.2) is 34.9 Å². The zero-order valence-corrected chi connectivity index (χ0v) is 9.54. The maximum atomic E-state index is 5.52. The van der Waals surface area contributed by atoms with E-state index < -0.39 is 0 Å². The van der Waals surface area contributed by atoms with Gasteiger partial charge < -0.3 is 15.0 Å². The maximum absolute atomic E-state index is 5.52. The third-order valence-corrected chi connectivity index (χ3v) is 2.39. The van der Waals surface area contributed by atoms with Crippen molar-refractivity contribution in [3.05, 3.63) is 30.4 Å². The second kappa shape index (κ2) is 5.51. The number of hydrogen-bond donors (Lipinski definition) is 1. The number of pyridine rings is 1. The number of nitrogens with zero attached hydrogens (tertiary/aromatic N) is 3. The molecule has 2 heterocycles. The van der Waals surface area contributed by atoms with Crippen LogP contribution in [0.4, 0.5) is 0 Å². The molecule has 6 nitrogen and oxygen atoms in total. The number of ether oxygens (including phenoxy) is 1. The lowest BCUT2D eigenvalue weighted by Crippen LogP contribution is -2.24. The number of aromatic nitrogens is 3. The lowest BCUT2D eigenvalue weighted by Gasteiger charge is -2.08. The first-order valence-corrected chi connectivity index (χ1v) is 5.29. The lowest BCUT2D eigenvalue weighted by atomic mass is 10.2. The van der Waals surface area contributed by atoms with E-state index in [1.54, 1.807) is 19.5 Å². The molecule has 1 unspecified atom stereocenters. The number of rotatable bonds is 5. The topological polar surface area (TPSA) is 87.1 Å². The van der Waals surface area contributed by atoms with Crippen LogP contribution >= 0.6 is 0 Å². The fourth-order valence-electron chi connectivity index (χ4n) is 1.41. The van der Waals surface area contributed by atoms with Crippen molar-refractivity contribution in [3.8, 4) is 11.4 Å². The minimum atomic E-state index is -0.0998. The van der Waals surface area contributed by atoms with Gasteiger partial charge >= 0.3 is 0 Å². The van der Waals surface area contributed by atoms with E-state index in [-0.39, 0.29) is 6.10 Å². The zero-order valence-electron chi connectivity index (χ0n) is 9.54. The average molecular weight is 234 g/mol. The molecule has 0 spiro atoms. The second-order valence-corrected chi connectivity index (χ2v) is 3.55. The molecule has 2 N–H and O–H groups in total. The Bertz CT molecular complexity index is 454. The van der Waals surface area contributed by atoms with Crippen LogP contribution in [-0.2, 0) is 11.2 Å². The normalized spacial score (nSPS) is 12.6. The Hall–Kier alpha value is -1.79. The van der Waals surface area contributed by atoms with Crippen LogP contribution in [0.5, 0.6) is 0 Å². The van der Waals surface area contributed by atoms with Crippen molar-refractivity contribution in [3.63, 3.8) is 0 Å². The van der Waals surface area contributed by atoms with Gasteiger partial charge in [0.1, 0.15) is 0 Å². The highest BCUT2D eigenvalue weighted by molar-refractivity contribution is 5.51. The molecule has 90 valence electrons. The maximum Gasteiger partial charge on any atom is 0.229 e. The van der Waals surface area contributed by atoms with Crippen molar-refractivity contribution >= 4 is 0 Å². The van der Waals surface area contributed by atoms with E-state index in [0.29, 0.717) is 24.7 Å². The van der Waals surface area contributed by atoms with Gasteiger partial charge in [0.25, 0.3) is 0 Å². The highest BCUT2D eigenvalue weighted by Gasteiger charge is 2.13. The molecular formula is C11H14N4O2. The third kappa shape index (κ3) is 2.86. The minimum Gasteiger partial charge on any atom is -0.380 e. The SMILES string of the molecule is COC(CN)Cc1nc(-c2cccnc2)no1. The fourth-order valence-corrected chi connectivity index (χ4v) is 1.41. The van der Waals surface area contributed by atoms with Gasteiger partial charge in [-0.1, -0.05) is 5.16 Å². The summed E-state index contributed by atoms with van der Waals surface area (Å²) in [5, 5.41) is 3.89. The van der Waals surface area contributed by atoms with Crippen LogP contribution < -0.4 is 5.73 Å². The van der Waals surface area contributed by atoms with Gasteiger partial charge in [-0.2, -0.15) is 4.98 Å². The van der Waals surface area contributed by atoms with E-state index in [9.17, 15) is 0 Å². The molecule has 6 heteroatoms. The number of nitrogens with two attached hydrogens (primary N) is 1. The van der Waals surface area contributed by atoms with Gasteiger partial charge in [0.15, 0.2) is 0 Å². The van der Waals surface area contributed by atoms with Gasteiger partial charge in [-0.3, -0.25) is 4.98 Å². The molecule has 0 saturated heterocycles. The summed E-state index contributed by atoms with van der Waals surface area (Å²) in [4.78, 5) is 8.26. The zero-order chi connectivity index (χ0) is 12.1. The highest BCUT2D eigenvalue weighted by Crippen LogP contribution is 2.14. The molecular weight excluding hydrogens is 220 g/mol. The molecule has 0 bridgehead atoms. The molecule has 2 aromatic rings. The van der Waals surface area contributed by atoms with Crippen LogP contribution in [0.1, 0.15) is 5.89 Å². The summed E-state index contributed by atoms with van der Waals surface area (Å²) >= 11 is 0. The van der Waals surface area contributed by atoms with E-state index >= 15 is 0 Å². The summed E-state index contributed by atoms with van der Waals surface area (Å²) in [6.07, 6.45) is 3.79. The van der Waals surface area contributed by atoms with E-state index in [0.717, 1.165) is 5.56 Å². The van der Waals surface area contributed by atoms with E-state index in [4.69, 9.17) is 15.0 Å². The van der Waals surface area contributed by atoms with Crippen molar-refractivity contribution in [2.75, 3.05) is 13.7 Å². The minimum absolute atomic E-state index is 0.0998. The van der Waals surface area contributed by atoms with E-state index in [1.807, 2.05) is 12.1 Å². The summed E-state index contributed by atoms with van der Waals surface area (Å²) in [5.41, 5.74) is 6.35. The summed E-state index contributed by atoms with van der Waals surface area (Å²) in [6.45, 7) is 0.418. The molecule has 0 amide bonds. The average Bonchev–Trinajstić information content (AvgIpc) is 2.85. The Kier molecular flexibility index (Phi) is 3.79. The predicted molar refractivity (Wildman–Crippen MR) is 61.1 cm³/mol. The number of hydrogen-bond acceptors (Lipinski definition) is 6. The summed E-state index contributed by atoms with van der Waals surface area (Å²) in [5.74, 6) is 1.04. The molecule has 2 rings (SSSR count). The Morgan fingerprint density at radius 3 is 3.06 bits per heavy atom. The van der Waals surface area contributed by atoms with Crippen LogP contribution in [0.3, 0.4) is 0 Å². The summed E-state index contributed by atoms with van der Waals surface area (Å²) in [7, 11) is 1.61. The first-order valence-electron chi connectivity index (χ1n) is 5.29. The van der Waals surface area contributed by atoms with Crippen molar-refractivity contribution in [1.29, 1.82) is 0 Å². The van der Waals surface area contributed by atoms with Crippen LogP contribution in [0.2, 0.25) is 0 Å². The Balaban J connectivity index is 2.11. The largest absolute Gasteiger partial charge is 0.380 e. The Morgan fingerprint density at radius 1 is 1.53 bits per heavy atom. The van der Waals surface area contributed by atoms with Gasteiger partial charge in [-0.25, -0.2) is 0 Å². The van der Waals surface area contributed by atoms with E-state index in [2.05, 4.69) is 15.1 Å². The summed E-state index contributed by atoms with van der Waals surface area (Å²) < 4.78 is 10.3. The number of methoxy groups -OCH3 is 1. The van der Waals surface area contributed by atoms with Gasteiger partial charge in [-0.15, -0.1) is 0 Å². The molecule has 0 aliphatic rings. The van der Waals surface area contributed by atoms with Gasteiger partial charge in [-0.05, 0) is 12.1 Å². The predicted octanol–water partition coefficient (Wildman–Crippen LogP) is 0.648.